The predicted molar refractivity (Wildman–Crippen MR) is 179 cm³/mol. The number of carbonyl (C=O) groups excluding carboxylic acids is 2. The van der Waals surface area contributed by atoms with Gasteiger partial charge in [-0.2, -0.15) is 0 Å². The van der Waals surface area contributed by atoms with Crippen LogP contribution in [0, 0.1) is 6.92 Å². The van der Waals surface area contributed by atoms with Crippen LogP contribution >= 0.6 is 27.5 Å². The molecular formula is C34H35BrClN3O4S. The fourth-order valence-corrected chi connectivity index (χ4v) is 6.71. The molecule has 0 saturated heterocycles. The van der Waals surface area contributed by atoms with Gasteiger partial charge >= 0.3 is 0 Å². The molecule has 0 heterocycles. The average Bonchev–Trinajstić information content (AvgIpc) is 3.01. The smallest absolute Gasteiger partial charge is 0.264 e. The van der Waals surface area contributed by atoms with Gasteiger partial charge < -0.3 is 10.2 Å². The molecule has 4 aromatic rings. The van der Waals surface area contributed by atoms with Gasteiger partial charge in [0.2, 0.25) is 11.8 Å². The minimum Gasteiger partial charge on any atom is -0.354 e. The summed E-state index contributed by atoms with van der Waals surface area (Å²) in [4.78, 5) is 29.6. The maximum absolute atomic E-state index is 14.4. The van der Waals surface area contributed by atoms with E-state index in [1.165, 1.54) is 29.2 Å². The third-order valence-corrected chi connectivity index (χ3v) is 9.60. The Labute approximate surface area is 273 Å². The number of sulfonamides is 1. The summed E-state index contributed by atoms with van der Waals surface area (Å²) in [7, 11) is -4.19. The van der Waals surface area contributed by atoms with Crippen LogP contribution in [0.25, 0.3) is 0 Å². The van der Waals surface area contributed by atoms with E-state index in [2.05, 4.69) is 21.2 Å². The Morgan fingerprint density at radius 3 is 2.18 bits per heavy atom. The van der Waals surface area contributed by atoms with Crippen LogP contribution in [0.4, 0.5) is 5.69 Å². The van der Waals surface area contributed by atoms with Crippen molar-refractivity contribution in [1.29, 1.82) is 0 Å². The van der Waals surface area contributed by atoms with Gasteiger partial charge in [-0.05, 0) is 73.0 Å². The van der Waals surface area contributed by atoms with Gasteiger partial charge in [0.1, 0.15) is 12.6 Å². The molecule has 0 spiro atoms. The van der Waals surface area contributed by atoms with Gasteiger partial charge in [-0.25, -0.2) is 8.42 Å². The number of halogens is 2. The Balaban J connectivity index is 1.79. The lowest BCUT2D eigenvalue weighted by Gasteiger charge is -2.34. The lowest BCUT2D eigenvalue weighted by Crippen LogP contribution is -2.53. The number of aryl methyl sites for hydroxylation is 1. The van der Waals surface area contributed by atoms with Gasteiger partial charge in [-0.3, -0.25) is 13.9 Å². The van der Waals surface area contributed by atoms with Crippen LogP contribution in [0.2, 0.25) is 5.02 Å². The van der Waals surface area contributed by atoms with Gasteiger partial charge in [0.15, 0.2) is 0 Å². The molecule has 4 aromatic carbocycles. The lowest BCUT2D eigenvalue weighted by atomic mass is 10.0. The van der Waals surface area contributed by atoms with E-state index in [0.717, 1.165) is 31.9 Å². The molecule has 0 saturated carbocycles. The van der Waals surface area contributed by atoms with Gasteiger partial charge in [0.25, 0.3) is 10.0 Å². The molecule has 44 heavy (non-hydrogen) atoms. The Kier molecular flexibility index (Phi) is 11.6. The van der Waals surface area contributed by atoms with Crippen LogP contribution in [0.15, 0.2) is 112 Å². The summed E-state index contributed by atoms with van der Waals surface area (Å²) in [5, 5.41) is 3.34. The van der Waals surface area contributed by atoms with Crippen molar-refractivity contribution < 1.29 is 18.0 Å². The summed E-state index contributed by atoms with van der Waals surface area (Å²) in [6.45, 7) is 3.88. The minimum absolute atomic E-state index is 0.00432. The Morgan fingerprint density at radius 1 is 0.886 bits per heavy atom. The number of nitrogens with one attached hydrogen (secondary N) is 1. The first-order valence-electron chi connectivity index (χ1n) is 14.3. The van der Waals surface area contributed by atoms with Crippen LogP contribution in [0.3, 0.4) is 0 Å². The predicted octanol–water partition coefficient (Wildman–Crippen LogP) is 6.77. The van der Waals surface area contributed by atoms with Crippen molar-refractivity contribution in [1.82, 2.24) is 10.2 Å². The highest BCUT2D eigenvalue weighted by molar-refractivity contribution is 9.10. The molecule has 10 heteroatoms. The number of hydrogen-bond acceptors (Lipinski definition) is 4. The highest BCUT2D eigenvalue weighted by Gasteiger charge is 2.34. The molecule has 0 aromatic heterocycles. The standard InChI is InChI=1S/C34H35BrClN3O4S/c1-3-20-37-34(41)32(22-26-8-5-4-6-9-26)38(23-27-10-7-11-28(35)21-27)33(40)24-39(30-16-12-25(2)13-17-30)44(42,43)31-18-14-29(36)15-19-31/h4-19,21,32H,3,20,22-24H2,1-2H3,(H,37,41)/t32-/m0/s1. The zero-order chi connectivity index (χ0) is 31.7. The van der Waals surface area contributed by atoms with Crippen LogP contribution in [0.5, 0.6) is 0 Å². The van der Waals surface area contributed by atoms with Crippen molar-refractivity contribution in [3.8, 4) is 0 Å². The van der Waals surface area contributed by atoms with E-state index in [4.69, 9.17) is 11.6 Å². The maximum Gasteiger partial charge on any atom is 0.264 e. The highest BCUT2D eigenvalue weighted by atomic mass is 79.9. The molecule has 2 amide bonds. The Bertz CT molecular complexity index is 1670. The third kappa shape index (κ3) is 8.71. The fourth-order valence-electron chi connectivity index (χ4n) is 4.73. The molecule has 0 aliphatic heterocycles. The van der Waals surface area contributed by atoms with Crippen molar-refractivity contribution >= 4 is 55.1 Å². The van der Waals surface area contributed by atoms with Crippen molar-refractivity contribution in [2.45, 2.75) is 44.2 Å². The number of hydrogen-bond donors (Lipinski definition) is 1. The molecule has 0 radical (unpaired) electrons. The molecule has 1 N–H and O–H groups in total. The zero-order valence-corrected chi connectivity index (χ0v) is 27.8. The minimum atomic E-state index is -4.19. The molecule has 0 aliphatic carbocycles. The summed E-state index contributed by atoms with van der Waals surface area (Å²) in [6, 6.07) is 28.8. The monoisotopic (exact) mass is 695 g/mol. The van der Waals surface area contributed by atoms with E-state index < -0.39 is 28.5 Å². The molecule has 0 unspecified atom stereocenters. The second kappa shape index (κ2) is 15.4. The zero-order valence-electron chi connectivity index (χ0n) is 24.6. The summed E-state index contributed by atoms with van der Waals surface area (Å²) in [5.41, 5.74) is 2.93. The molecular weight excluding hydrogens is 662 g/mol. The first kappa shape index (κ1) is 33.2. The molecule has 230 valence electrons. The number of amides is 2. The maximum atomic E-state index is 14.4. The normalized spacial score (nSPS) is 11.9. The number of anilines is 1. The van der Waals surface area contributed by atoms with Crippen molar-refractivity contribution in [2.24, 2.45) is 0 Å². The first-order valence-corrected chi connectivity index (χ1v) is 16.9. The number of benzene rings is 4. The second-order valence-electron chi connectivity index (χ2n) is 10.4. The molecule has 1 atom stereocenters. The van der Waals surface area contributed by atoms with Gasteiger partial charge in [-0.15, -0.1) is 0 Å². The molecule has 0 aliphatic rings. The molecule has 0 fully saturated rings. The van der Waals surface area contributed by atoms with Crippen LogP contribution < -0.4 is 9.62 Å². The summed E-state index contributed by atoms with van der Waals surface area (Å²) in [5.74, 6) is -0.822. The van der Waals surface area contributed by atoms with E-state index in [1.807, 2.05) is 68.4 Å². The number of nitrogens with zero attached hydrogens (tertiary/aromatic N) is 2. The van der Waals surface area contributed by atoms with Gasteiger partial charge in [0.05, 0.1) is 10.6 Å². The van der Waals surface area contributed by atoms with E-state index >= 15 is 0 Å². The first-order chi connectivity index (χ1) is 21.1. The van der Waals surface area contributed by atoms with Crippen molar-refractivity contribution in [2.75, 3.05) is 17.4 Å². The molecule has 4 rings (SSSR count). The van der Waals surface area contributed by atoms with Crippen LogP contribution in [-0.4, -0.2) is 44.3 Å². The van der Waals surface area contributed by atoms with E-state index in [0.29, 0.717) is 17.3 Å². The summed E-state index contributed by atoms with van der Waals surface area (Å²) < 4.78 is 30.0. The SMILES string of the molecule is CCCNC(=O)[C@H](Cc1ccccc1)N(Cc1cccc(Br)c1)C(=O)CN(c1ccc(C)cc1)S(=O)(=O)c1ccc(Cl)cc1. The van der Waals surface area contributed by atoms with E-state index in [-0.39, 0.29) is 23.8 Å². The largest absolute Gasteiger partial charge is 0.354 e. The van der Waals surface area contributed by atoms with Gasteiger partial charge in [-0.1, -0.05) is 94.6 Å². The topological polar surface area (TPSA) is 86.8 Å². The average molecular weight is 697 g/mol. The van der Waals surface area contributed by atoms with E-state index in [1.54, 1.807) is 24.3 Å². The molecule has 0 bridgehead atoms. The fraction of sp³-hybridized carbons (Fsp3) is 0.235. The summed E-state index contributed by atoms with van der Waals surface area (Å²) >= 11 is 9.54. The van der Waals surface area contributed by atoms with Crippen LogP contribution in [0.1, 0.15) is 30.0 Å². The molecule has 7 nitrogen and oxygen atoms in total. The number of rotatable bonds is 13. The van der Waals surface area contributed by atoms with Gasteiger partial charge in [0, 0.05) is 29.0 Å². The lowest BCUT2D eigenvalue weighted by molar-refractivity contribution is -0.140. The van der Waals surface area contributed by atoms with E-state index in [9.17, 15) is 18.0 Å². The Hall–Kier alpha value is -3.66. The van der Waals surface area contributed by atoms with Crippen molar-refractivity contribution in [3.05, 3.63) is 129 Å². The summed E-state index contributed by atoms with van der Waals surface area (Å²) in [6.07, 6.45) is 0.981. The van der Waals surface area contributed by atoms with Crippen molar-refractivity contribution in [3.63, 3.8) is 0 Å². The number of carbonyl (C=O) groups is 2. The second-order valence-corrected chi connectivity index (χ2v) is 13.7. The third-order valence-electron chi connectivity index (χ3n) is 7.06. The Morgan fingerprint density at radius 2 is 1.55 bits per heavy atom. The quantitative estimate of drug-likeness (QED) is 0.167. The van der Waals surface area contributed by atoms with Crippen LogP contribution in [-0.2, 0) is 32.6 Å². The highest BCUT2D eigenvalue weighted by Crippen LogP contribution is 2.26.